The third-order valence-electron chi connectivity index (χ3n) is 0.547. The molecule has 0 heteroatoms. The van der Waals surface area contributed by atoms with Crippen molar-refractivity contribution in [2.45, 2.75) is 12.7 Å². The van der Waals surface area contributed by atoms with E-state index in [1.54, 1.807) is 0 Å². The summed E-state index contributed by atoms with van der Waals surface area (Å²) in [6, 6.07) is 0. The second-order valence-electron chi connectivity index (χ2n) is 1.00. The van der Waals surface area contributed by atoms with E-state index in [4.69, 9.17) is 5.48 Å². The van der Waals surface area contributed by atoms with E-state index in [2.05, 4.69) is 6.58 Å². The second kappa shape index (κ2) is 0.852. The topological polar surface area (TPSA) is 0 Å². The lowest BCUT2D eigenvalue weighted by atomic mass is 10.4. The lowest BCUT2D eigenvalue weighted by Crippen LogP contribution is -1.50. The van der Waals surface area contributed by atoms with Crippen LogP contribution >= 0.6 is 0 Å². The van der Waals surface area contributed by atoms with Crippen molar-refractivity contribution < 1.29 is 5.48 Å². The molecule has 1 rings (SSSR count). The van der Waals surface area contributed by atoms with Gasteiger partial charge in [0.1, 0.15) is 0 Å². The van der Waals surface area contributed by atoms with E-state index in [0.29, 0.717) is 0 Å². The summed E-state index contributed by atoms with van der Waals surface area (Å²) in [5.41, 5.74) is 0. The summed E-state index contributed by atoms with van der Waals surface area (Å²) in [5, 5.41) is 0. The molecule has 28 valence electrons. The quantitative estimate of drug-likeness (QED) is 0.412. The van der Waals surface area contributed by atoms with Crippen molar-refractivity contribution in [3.8, 4) is 0 Å². The molecule has 0 amide bonds. The van der Waals surface area contributed by atoms with Crippen molar-refractivity contribution in [2.24, 2.45) is 5.92 Å². The van der Waals surface area contributed by atoms with Crippen LogP contribution in [0.15, 0.2) is 12.7 Å². The molecule has 5 heavy (non-hydrogen) atoms. The maximum Gasteiger partial charge on any atom is 0.0273 e. The van der Waals surface area contributed by atoms with Crippen molar-refractivity contribution in [2.75, 3.05) is 0 Å². The van der Waals surface area contributed by atoms with Gasteiger partial charge in [-0.15, -0.1) is 6.58 Å². The summed E-state index contributed by atoms with van der Waals surface area (Å²) in [6.45, 7) is 3.33. The lowest BCUT2D eigenvalue weighted by Gasteiger charge is -1.63. The zero-order chi connectivity index (χ0) is 7.28. The predicted molar refractivity (Wildman–Crippen MR) is 22.9 cm³/mol. The first-order valence-corrected chi connectivity index (χ1v) is 1.57. The first-order valence-electron chi connectivity index (χ1n) is 3.57. The monoisotopic (exact) mass is 72.1 g/mol. The highest BCUT2D eigenvalue weighted by atomic mass is 14.2. The zero-order valence-corrected chi connectivity index (χ0v) is 2.86. The minimum atomic E-state index is -1.67. The van der Waals surface area contributed by atoms with Gasteiger partial charge in [-0.3, -0.25) is 0 Å². The molecule has 1 aliphatic carbocycles. The largest absolute Gasteiger partial charge is 0.103 e. The summed E-state index contributed by atoms with van der Waals surface area (Å²) in [7, 11) is 0. The summed E-state index contributed by atoms with van der Waals surface area (Å²) >= 11 is 0. The number of hydrogen-bond acceptors (Lipinski definition) is 0. The molecule has 1 saturated carbocycles. The van der Waals surface area contributed by atoms with Crippen LogP contribution in [0.4, 0.5) is 0 Å². The molecule has 1 aliphatic rings. The highest BCUT2D eigenvalue weighted by Crippen LogP contribution is 2.28. The van der Waals surface area contributed by atoms with Crippen LogP contribution in [0.3, 0.4) is 0 Å². The molecule has 0 saturated heterocycles. The van der Waals surface area contributed by atoms with Crippen molar-refractivity contribution in [1.82, 2.24) is 0 Å². The smallest absolute Gasteiger partial charge is 0.0273 e. The molecule has 0 aromatic rings. The van der Waals surface area contributed by atoms with Gasteiger partial charge in [-0.05, 0) is 18.7 Å². The molecule has 0 aromatic heterocycles. The van der Waals surface area contributed by atoms with Crippen molar-refractivity contribution in [3.63, 3.8) is 0 Å². The average molecular weight is 72.1 g/mol. The fraction of sp³-hybridized carbons (Fsp3) is 0.600. The van der Waals surface area contributed by atoms with Crippen LogP contribution in [0.1, 0.15) is 18.2 Å². The first-order chi connectivity index (χ1) is 3.94. The van der Waals surface area contributed by atoms with Crippen molar-refractivity contribution in [3.05, 3.63) is 12.7 Å². The van der Waals surface area contributed by atoms with Crippen LogP contribution in [-0.4, -0.2) is 0 Å². The fourth-order valence-corrected chi connectivity index (χ4v) is 0.166. The van der Waals surface area contributed by atoms with E-state index in [-0.39, 0.29) is 0 Å². The molecule has 0 nitrogen and oxygen atoms in total. The zero-order valence-electron chi connectivity index (χ0n) is 6.86. The first kappa shape index (κ1) is 0.868. The summed E-state index contributed by atoms with van der Waals surface area (Å²) in [4.78, 5) is 0. The molecule has 1 fully saturated rings. The highest BCUT2D eigenvalue weighted by Gasteiger charge is 2.15. The van der Waals surface area contributed by atoms with Crippen LogP contribution in [0.5, 0.6) is 0 Å². The Kier molecular flexibility index (Phi) is 0.148. The average Bonchev–Trinajstić information content (AvgIpc) is 2.00. The summed E-state index contributed by atoms with van der Waals surface area (Å²) in [6.07, 6.45) is -2.01. The predicted octanol–water partition coefficient (Wildman–Crippen LogP) is 1.58. The van der Waals surface area contributed by atoms with Crippen LogP contribution < -0.4 is 0 Å². The fourth-order valence-electron chi connectivity index (χ4n) is 0.166. The Bertz CT molecular complexity index is 135. The van der Waals surface area contributed by atoms with Crippen molar-refractivity contribution >= 4 is 0 Å². The number of rotatable bonds is 1. The van der Waals surface area contributed by atoms with Gasteiger partial charge in [-0.1, -0.05) is 6.08 Å². The maximum absolute atomic E-state index is 7.03. The minimum Gasteiger partial charge on any atom is -0.103 e. The normalized spacial score (nSPS) is 54.4. The summed E-state index contributed by atoms with van der Waals surface area (Å²) in [5.74, 6) is -0.606. The van der Waals surface area contributed by atoms with Gasteiger partial charge in [-0.2, -0.15) is 0 Å². The van der Waals surface area contributed by atoms with Crippen LogP contribution in [0.25, 0.3) is 0 Å². The summed E-state index contributed by atoms with van der Waals surface area (Å²) < 4.78 is 28.1. The third kappa shape index (κ3) is 0.504. The maximum atomic E-state index is 7.03. The molecule has 0 spiro atoms. The Labute approximate surface area is 38.1 Å². The standard InChI is InChI=1S/C5H8/c1-2-5-3-4-5/h2,5H,1,3-4H2/i3D2,4D2. The Balaban J connectivity index is 2.77. The van der Waals surface area contributed by atoms with Gasteiger partial charge in [0.2, 0.25) is 0 Å². The molecule has 0 bridgehead atoms. The minimum absolute atomic E-state index is 0.606. The molecular formula is C5H8. The van der Waals surface area contributed by atoms with Gasteiger partial charge in [-0.25, -0.2) is 0 Å². The lowest BCUT2D eigenvalue weighted by molar-refractivity contribution is 1.13. The molecule has 0 aromatic carbocycles. The third-order valence-corrected chi connectivity index (χ3v) is 0.547. The Morgan fingerprint density at radius 2 is 2.60 bits per heavy atom. The Morgan fingerprint density at radius 1 is 2.00 bits per heavy atom. The molecule has 0 N–H and O–H groups in total. The number of allylic oxidation sites excluding steroid dienone is 1. The molecule has 0 atom stereocenters. The van der Waals surface area contributed by atoms with E-state index >= 15 is 0 Å². The van der Waals surface area contributed by atoms with Gasteiger partial charge in [0, 0.05) is 5.48 Å². The van der Waals surface area contributed by atoms with Crippen LogP contribution in [0, 0.1) is 5.92 Å². The van der Waals surface area contributed by atoms with Gasteiger partial charge in [0.05, 0.1) is 0 Å². The molecule has 0 heterocycles. The molecule has 0 unspecified atom stereocenters. The van der Waals surface area contributed by atoms with Gasteiger partial charge < -0.3 is 0 Å². The van der Waals surface area contributed by atoms with Crippen LogP contribution in [-0.2, 0) is 0 Å². The van der Waals surface area contributed by atoms with E-state index < -0.39 is 18.7 Å². The number of hydrogen-bond donors (Lipinski definition) is 0. The molecule has 0 aliphatic heterocycles. The second-order valence-corrected chi connectivity index (χ2v) is 1.00. The van der Waals surface area contributed by atoms with E-state index in [1.165, 1.54) is 6.08 Å². The van der Waals surface area contributed by atoms with Crippen molar-refractivity contribution in [1.29, 1.82) is 0 Å². The van der Waals surface area contributed by atoms with E-state index in [1.807, 2.05) is 0 Å². The van der Waals surface area contributed by atoms with Gasteiger partial charge >= 0.3 is 0 Å². The molecular weight excluding hydrogens is 60.1 g/mol. The van der Waals surface area contributed by atoms with E-state index in [0.717, 1.165) is 0 Å². The Hall–Kier alpha value is -0.260. The molecule has 0 radical (unpaired) electrons. The van der Waals surface area contributed by atoms with Gasteiger partial charge in [0.15, 0.2) is 0 Å². The Morgan fingerprint density at radius 3 is 2.60 bits per heavy atom. The highest BCUT2D eigenvalue weighted by molar-refractivity contribution is 4.88. The SMILES string of the molecule is [2H]C1([2H])C(C=C)C1([2H])[2H]. The van der Waals surface area contributed by atoms with Gasteiger partial charge in [0.25, 0.3) is 0 Å². The van der Waals surface area contributed by atoms with E-state index in [9.17, 15) is 0 Å². The van der Waals surface area contributed by atoms with Crippen LogP contribution in [0.2, 0.25) is 0 Å².